The van der Waals surface area contributed by atoms with Gasteiger partial charge in [-0.3, -0.25) is 0 Å². The molecule has 2 nitrogen and oxygen atoms in total. The van der Waals surface area contributed by atoms with Crippen LogP contribution in [0.3, 0.4) is 0 Å². The molecule has 0 aliphatic heterocycles. The van der Waals surface area contributed by atoms with Crippen molar-refractivity contribution in [2.45, 2.75) is 31.7 Å². The SMILES string of the molecule is CNC(c1ccc(Cl)c(Br)c1)c1nc2c(s1)CCCC2. The van der Waals surface area contributed by atoms with Crippen LogP contribution in [0.1, 0.15) is 40.0 Å². The molecule has 20 heavy (non-hydrogen) atoms. The lowest BCUT2D eigenvalue weighted by atomic mass is 10.0. The van der Waals surface area contributed by atoms with Crippen LogP contribution in [0.15, 0.2) is 22.7 Å². The number of nitrogens with zero attached hydrogens (tertiary/aromatic N) is 1. The third-order valence-electron chi connectivity index (χ3n) is 3.67. The highest BCUT2D eigenvalue weighted by Crippen LogP contribution is 2.34. The van der Waals surface area contributed by atoms with E-state index in [0.29, 0.717) is 0 Å². The standard InChI is InChI=1S/C15H16BrClN2S/c1-18-14(9-6-7-11(17)10(16)8-9)15-19-12-4-2-3-5-13(12)20-15/h6-8,14,18H,2-5H2,1H3. The lowest BCUT2D eigenvalue weighted by molar-refractivity contribution is 0.661. The Morgan fingerprint density at radius 2 is 2.15 bits per heavy atom. The zero-order chi connectivity index (χ0) is 14.1. The van der Waals surface area contributed by atoms with E-state index in [1.807, 2.05) is 24.5 Å². The van der Waals surface area contributed by atoms with E-state index in [9.17, 15) is 0 Å². The van der Waals surface area contributed by atoms with Gasteiger partial charge in [0.2, 0.25) is 0 Å². The Hall–Kier alpha value is -0.420. The summed E-state index contributed by atoms with van der Waals surface area (Å²) in [6.45, 7) is 0. The Bertz CT molecular complexity index is 603. The number of halogens is 2. The summed E-state index contributed by atoms with van der Waals surface area (Å²) in [5, 5.41) is 5.27. The fourth-order valence-corrected chi connectivity index (χ4v) is 4.43. The molecule has 0 amide bonds. The summed E-state index contributed by atoms with van der Waals surface area (Å²) < 4.78 is 0.929. The van der Waals surface area contributed by atoms with E-state index >= 15 is 0 Å². The molecular formula is C15H16BrClN2S. The van der Waals surface area contributed by atoms with Crippen LogP contribution in [-0.2, 0) is 12.8 Å². The molecular weight excluding hydrogens is 356 g/mol. The van der Waals surface area contributed by atoms with Gasteiger partial charge in [0.05, 0.1) is 16.8 Å². The van der Waals surface area contributed by atoms with Crippen molar-refractivity contribution < 1.29 is 0 Å². The van der Waals surface area contributed by atoms with Gasteiger partial charge in [0.15, 0.2) is 0 Å². The van der Waals surface area contributed by atoms with Gasteiger partial charge >= 0.3 is 0 Å². The van der Waals surface area contributed by atoms with Crippen LogP contribution in [0.2, 0.25) is 5.02 Å². The quantitative estimate of drug-likeness (QED) is 0.842. The Kier molecular flexibility index (Phi) is 4.46. The van der Waals surface area contributed by atoms with Crippen molar-refractivity contribution in [2.75, 3.05) is 7.05 Å². The van der Waals surface area contributed by atoms with Gasteiger partial charge in [-0.1, -0.05) is 17.7 Å². The number of nitrogens with one attached hydrogen (secondary N) is 1. The molecule has 0 spiro atoms. The van der Waals surface area contributed by atoms with E-state index in [1.165, 1.54) is 35.4 Å². The van der Waals surface area contributed by atoms with Crippen molar-refractivity contribution in [3.8, 4) is 0 Å². The Morgan fingerprint density at radius 3 is 2.85 bits per heavy atom. The van der Waals surface area contributed by atoms with Gasteiger partial charge in [0.25, 0.3) is 0 Å². The predicted molar refractivity (Wildman–Crippen MR) is 88.8 cm³/mol. The summed E-state index contributed by atoms with van der Waals surface area (Å²) in [6, 6.07) is 6.20. The highest BCUT2D eigenvalue weighted by molar-refractivity contribution is 9.10. The minimum absolute atomic E-state index is 0.138. The lowest BCUT2D eigenvalue weighted by Gasteiger charge is -2.14. The second-order valence-corrected chi connectivity index (χ2v) is 7.40. The first-order valence-corrected chi connectivity index (χ1v) is 8.78. The maximum absolute atomic E-state index is 6.08. The van der Waals surface area contributed by atoms with Crippen LogP contribution in [0, 0.1) is 0 Å². The molecule has 1 aliphatic rings. The number of hydrogen-bond donors (Lipinski definition) is 1. The van der Waals surface area contributed by atoms with Gasteiger partial charge in [0, 0.05) is 9.35 Å². The van der Waals surface area contributed by atoms with Crippen molar-refractivity contribution >= 4 is 38.9 Å². The molecule has 3 rings (SSSR count). The van der Waals surface area contributed by atoms with Crippen LogP contribution in [0.4, 0.5) is 0 Å². The molecule has 2 aromatic rings. The highest BCUT2D eigenvalue weighted by Gasteiger charge is 2.21. The first-order chi connectivity index (χ1) is 9.69. The molecule has 0 saturated heterocycles. The second-order valence-electron chi connectivity index (χ2n) is 5.02. The molecule has 1 N–H and O–H groups in total. The smallest absolute Gasteiger partial charge is 0.115 e. The Morgan fingerprint density at radius 1 is 1.35 bits per heavy atom. The number of aryl methyl sites for hydroxylation is 2. The summed E-state index contributed by atoms with van der Waals surface area (Å²) in [6.07, 6.45) is 4.89. The minimum Gasteiger partial charge on any atom is -0.307 e. The molecule has 0 fully saturated rings. The molecule has 0 saturated carbocycles. The number of rotatable bonds is 3. The molecule has 0 bridgehead atoms. The fraction of sp³-hybridized carbons (Fsp3) is 0.400. The Balaban J connectivity index is 1.96. The molecule has 1 heterocycles. The Labute approximate surface area is 136 Å². The number of thiazole rings is 1. The summed E-state index contributed by atoms with van der Waals surface area (Å²) in [4.78, 5) is 6.33. The van der Waals surface area contributed by atoms with Crippen LogP contribution >= 0.6 is 38.9 Å². The molecule has 0 radical (unpaired) electrons. The lowest BCUT2D eigenvalue weighted by Crippen LogP contribution is -2.17. The average molecular weight is 372 g/mol. The van der Waals surface area contributed by atoms with Gasteiger partial charge in [0.1, 0.15) is 5.01 Å². The number of hydrogen-bond acceptors (Lipinski definition) is 3. The highest BCUT2D eigenvalue weighted by atomic mass is 79.9. The summed E-state index contributed by atoms with van der Waals surface area (Å²) in [5.41, 5.74) is 2.50. The summed E-state index contributed by atoms with van der Waals surface area (Å²) in [5.74, 6) is 0. The molecule has 1 atom stereocenters. The first-order valence-electron chi connectivity index (χ1n) is 6.79. The van der Waals surface area contributed by atoms with Gasteiger partial charge in [-0.05, 0) is 66.4 Å². The minimum atomic E-state index is 0.138. The van der Waals surface area contributed by atoms with Crippen molar-refractivity contribution in [2.24, 2.45) is 0 Å². The van der Waals surface area contributed by atoms with Gasteiger partial charge in [-0.25, -0.2) is 4.98 Å². The monoisotopic (exact) mass is 370 g/mol. The zero-order valence-corrected chi connectivity index (χ0v) is 14.4. The maximum atomic E-state index is 6.08. The largest absolute Gasteiger partial charge is 0.307 e. The van der Waals surface area contributed by atoms with Crippen LogP contribution in [0.5, 0.6) is 0 Å². The van der Waals surface area contributed by atoms with Gasteiger partial charge in [-0.2, -0.15) is 0 Å². The molecule has 1 aliphatic carbocycles. The number of aromatic nitrogens is 1. The first kappa shape index (κ1) is 14.5. The maximum Gasteiger partial charge on any atom is 0.115 e. The van der Waals surface area contributed by atoms with E-state index in [-0.39, 0.29) is 6.04 Å². The summed E-state index contributed by atoms with van der Waals surface area (Å²) >= 11 is 11.4. The molecule has 1 aromatic heterocycles. The van der Waals surface area contributed by atoms with Crippen LogP contribution in [0.25, 0.3) is 0 Å². The van der Waals surface area contributed by atoms with E-state index in [4.69, 9.17) is 16.6 Å². The topological polar surface area (TPSA) is 24.9 Å². The average Bonchev–Trinajstić information content (AvgIpc) is 2.87. The van der Waals surface area contributed by atoms with Gasteiger partial charge in [-0.15, -0.1) is 11.3 Å². The zero-order valence-electron chi connectivity index (χ0n) is 11.2. The molecule has 5 heteroatoms. The fourth-order valence-electron chi connectivity index (χ4n) is 2.62. The predicted octanol–water partition coefficient (Wildman–Crippen LogP) is 4.75. The normalized spacial score (nSPS) is 15.9. The number of fused-ring (bicyclic) bond motifs is 1. The van der Waals surface area contributed by atoms with E-state index < -0.39 is 0 Å². The van der Waals surface area contributed by atoms with Crippen LogP contribution < -0.4 is 5.32 Å². The molecule has 106 valence electrons. The van der Waals surface area contributed by atoms with Crippen molar-refractivity contribution in [3.63, 3.8) is 0 Å². The van der Waals surface area contributed by atoms with Crippen molar-refractivity contribution in [1.82, 2.24) is 10.3 Å². The van der Waals surface area contributed by atoms with E-state index in [1.54, 1.807) is 0 Å². The second kappa shape index (κ2) is 6.14. The third-order valence-corrected chi connectivity index (χ3v) is 6.11. The summed E-state index contributed by atoms with van der Waals surface area (Å²) in [7, 11) is 1.98. The third kappa shape index (κ3) is 2.80. The van der Waals surface area contributed by atoms with Crippen molar-refractivity contribution in [1.29, 1.82) is 0 Å². The molecule has 1 aromatic carbocycles. The molecule has 1 unspecified atom stereocenters. The van der Waals surface area contributed by atoms with E-state index in [0.717, 1.165) is 20.9 Å². The van der Waals surface area contributed by atoms with Gasteiger partial charge < -0.3 is 5.32 Å². The van der Waals surface area contributed by atoms with Crippen LogP contribution in [-0.4, -0.2) is 12.0 Å². The number of benzene rings is 1. The van der Waals surface area contributed by atoms with E-state index in [2.05, 4.69) is 33.4 Å². The van der Waals surface area contributed by atoms with Crippen molar-refractivity contribution in [3.05, 3.63) is 48.8 Å².